The molecule has 5 nitrogen and oxygen atoms in total. The molecule has 1 aliphatic heterocycles. The summed E-state index contributed by atoms with van der Waals surface area (Å²) in [5.41, 5.74) is 2.00. The van der Waals surface area contributed by atoms with E-state index in [1.807, 2.05) is 17.0 Å². The lowest BCUT2D eigenvalue weighted by Crippen LogP contribution is -2.50. The van der Waals surface area contributed by atoms with Crippen molar-refractivity contribution in [3.05, 3.63) is 50.7 Å². The Hall–Kier alpha value is -1.89. The Kier molecular flexibility index (Phi) is 6.23. The molecule has 4 rings (SSSR count). The van der Waals surface area contributed by atoms with Gasteiger partial charge in [0.15, 0.2) is 0 Å². The summed E-state index contributed by atoms with van der Waals surface area (Å²) in [5, 5.41) is 3.39. The fraction of sp³-hybridized carbons (Fsp3) is 0.455. The summed E-state index contributed by atoms with van der Waals surface area (Å²) in [6, 6.07) is 9.33. The number of hydrogen-bond acceptors (Lipinski definition) is 4. The Bertz CT molecular complexity index is 905. The summed E-state index contributed by atoms with van der Waals surface area (Å²) in [7, 11) is 0. The van der Waals surface area contributed by atoms with E-state index in [9.17, 15) is 9.59 Å². The molecule has 0 spiro atoms. The van der Waals surface area contributed by atoms with Gasteiger partial charge in [-0.15, -0.1) is 11.3 Å². The highest BCUT2D eigenvalue weighted by Gasteiger charge is 2.26. The minimum atomic E-state index is -0.0853. The van der Waals surface area contributed by atoms with Crippen LogP contribution in [0.3, 0.4) is 0 Å². The standard InChI is InChI=1S/C22H26ClN3O2S/c1-15-6-7-19-16(12-15)13-20(29-19)22(28)26-10-8-25(9-11-26)14-21(27)24-18-5-3-2-4-17(18)23/h2-5,13,15H,6-12,14H2,1H3,(H,24,27). The first-order valence-electron chi connectivity index (χ1n) is 10.2. The Morgan fingerprint density at radius 2 is 1.97 bits per heavy atom. The lowest BCUT2D eigenvalue weighted by Gasteiger charge is -2.34. The molecule has 1 fully saturated rings. The minimum absolute atomic E-state index is 0.0853. The van der Waals surface area contributed by atoms with Crippen LogP contribution in [0.5, 0.6) is 0 Å². The van der Waals surface area contributed by atoms with Crippen molar-refractivity contribution in [1.29, 1.82) is 0 Å². The van der Waals surface area contributed by atoms with Crippen LogP contribution in [-0.2, 0) is 17.6 Å². The topological polar surface area (TPSA) is 52.7 Å². The van der Waals surface area contributed by atoms with Gasteiger partial charge >= 0.3 is 0 Å². The van der Waals surface area contributed by atoms with E-state index in [1.165, 1.54) is 16.9 Å². The number of halogens is 1. The van der Waals surface area contributed by atoms with Gasteiger partial charge in [-0.05, 0) is 48.9 Å². The third-order valence-electron chi connectivity index (χ3n) is 5.71. The summed E-state index contributed by atoms with van der Waals surface area (Å²) in [4.78, 5) is 31.5. The Morgan fingerprint density at radius 3 is 2.72 bits per heavy atom. The zero-order valence-corrected chi connectivity index (χ0v) is 18.2. The molecule has 2 aliphatic rings. The third-order valence-corrected chi connectivity index (χ3v) is 7.27. The van der Waals surface area contributed by atoms with Crippen LogP contribution < -0.4 is 5.32 Å². The quantitative estimate of drug-likeness (QED) is 0.798. The van der Waals surface area contributed by atoms with E-state index in [2.05, 4.69) is 23.2 Å². The van der Waals surface area contributed by atoms with E-state index in [0.717, 1.165) is 17.7 Å². The zero-order valence-electron chi connectivity index (χ0n) is 16.6. The first kappa shape index (κ1) is 20.4. The fourth-order valence-corrected chi connectivity index (χ4v) is 5.39. The van der Waals surface area contributed by atoms with E-state index in [0.29, 0.717) is 49.4 Å². The van der Waals surface area contributed by atoms with Gasteiger partial charge in [0.05, 0.1) is 22.1 Å². The molecule has 1 atom stereocenters. The fourth-order valence-electron chi connectivity index (χ4n) is 4.03. The normalized spacial score (nSPS) is 19.7. The molecule has 154 valence electrons. The number of nitrogens with zero attached hydrogens (tertiary/aromatic N) is 2. The van der Waals surface area contributed by atoms with Gasteiger partial charge in [-0.25, -0.2) is 0 Å². The van der Waals surface area contributed by atoms with Crippen LogP contribution in [0.25, 0.3) is 0 Å². The molecule has 1 saturated heterocycles. The summed E-state index contributed by atoms with van der Waals surface area (Å²) in [5.74, 6) is 0.760. The second-order valence-corrected chi connectivity index (χ2v) is 9.55. The number of amides is 2. The zero-order chi connectivity index (χ0) is 20.4. The van der Waals surface area contributed by atoms with Gasteiger partial charge in [0.2, 0.25) is 5.91 Å². The number of carbonyl (C=O) groups is 2. The molecule has 0 saturated carbocycles. The molecular formula is C22H26ClN3O2S. The Labute approximate surface area is 180 Å². The van der Waals surface area contributed by atoms with Gasteiger partial charge in [-0.2, -0.15) is 0 Å². The number of para-hydroxylation sites is 1. The van der Waals surface area contributed by atoms with Crippen molar-refractivity contribution in [2.45, 2.75) is 26.2 Å². The number of thiophene rings is 1. The molecule has 1 aliphatic carbocycles. The summed E-state index contributed by atoms with van der Waals surface area (Å²) >= 11 is 7.77. The van der Waals surface area contributed by atoms with Gasteiger partial charge in [0.25, 0.3) is 5.91 Å². The maximum Gasteiger partial charge on any atom is 0.264 e. The lowest BCUT2D eigenvalue weighted by molar-refractivity contribution is -0.117. The van der Waals surface area contributed by atoms with E-state index in [-0.39, 0.29) is 11.8 Å². The van der Waals surface area contributed by atoms with Crippen LogP contribution in [0.2, 0.25) is 5.02 Å². The SMILES string of the molecule is CC1CCc2sc(C(=O)N3CCN(CC(=O)Nc4ccccc4Cl)CC3)cc2C1. The van der Waals surface area contributed by atoms with Crippen LogP contribution >= 0.6 is 22.9 Å². The maximum absolute atomic E-state index is 12.9. The highest BCUT2D eigenvalue weighted by atomic mass is 35.5. The summed E-state index contributed by atoms with van der Waals surface area (Å²) < 4.78 is 0. The first-order valence-corrected chi connectivity index (χ1v) is 11.4. The first-order chi connectivity index (χ1) is 14.0. The second-order valence-electron chi connectivity index (χ2n) is 8.00. The van der Waals surface area contributed by atoms with Crippen molar-refractivity contribution >= 4 is 40.4 Å². The van der Waals surface area contributed by atoms with Crippen LogP contribution in [0.1, 0.15) is 33.5 Å². The molecule has 2 amide bonds. The second kappa shape index (κ2) is 8.86. The number of fused-ring (bicyclic) bond motifs is 1. The lowest BCUT2D eigenvalue weighted by atomic mass is 9.90. The van der Waals surface area contributed by atoms with Crippen LogP contribution in [-0.4, -0.2) is 54.3 Å². The van der Waals surface area contributed by atoms with Crippen molar-refractivity contribution in [2.24, 2.45) is 5.92 Å². The molecule has 0 radical (unpaired) electrons. The average molecular weight is 432 g/mol. The van der Waals surface area contributed by atoms with Crippen molar-refractivity contribution in [2.75, 3.05) is 38.0 Å². The van der Waals surface area contributed by atoms with Gasteiger partial charge in [-0.1, -0.05) is 30.7 Å². The number of nitrogens with one attached hydrogen (secondary N) is 1. The number of piperazine rings is 1. The van der Waals surface area contributed by atoms with Crippen LogP contribution in [0.15, 0.2) is 30.3 Å². The minimum Gasteiger partial charge on any atom is -0.335 e. The van der Waals surface area contributed by atoms with Gasteiger partial charge in [0.1, 0.15) is 0 Å². The van der Waals surface area contributed by atoms with Crippen molar-refractivity contribution in [3.8, 4) is 0 Å². The monoisotopic (exact) mass is 431 g/mol. The number of carbonyl (C=O) groups excluding carboxylic acids is 2. The number of anilines is 1. The van der Waals surface area contributed by atoms with E-state index in [4.69, 9.17) is 11.6 Å². The highest BCUT2D eigenvalue weighted by molar-refractivity contribution is 7.14. The molecule has 29 heavy (non-hydrogen) atoms. The van der Waals surface area contributed by atoms with E-state index >= 15 is 0 Å². The molecule has 1 unspecified atom stereocenters. The van der Waals surface area contributed by atoms with E-state index < -0.39 is 0 Å². The van der Waals surface area contributed by atoms with Crippen molar-refractivity contribution in [3.63, 3.8) is 0 Å². The molecule has 0 bridgehead atoms. The number of aryl methyl sites for hydroxylation is 1. The number of benzene rings is 1. The maximum atomic E-state index is 12.9. The number of rotatable bonds is 4. The van der Waals surface area contributed by atoms with Crippen molar-refractivity contribution < 1.29 is 9.59 Å². The summed E-state index contributed by atoms with van der Waals surface area (Å²) in [6.07, 6.45) is 3.41. The van der Waals surface area contributed by atoms with E-state index in [1.54, 1.807) is 23.5 Å². The molecule has 1 aromatic heterocycles. The predicted molar refractivity (Wildman–Crippen MR) is 118 cm³/mol. The number of hydrogen-bond donors (Lipinski definition) is 1. The molecule has 2 heterocycles. The Morgan fingerprint density at radius 1 is 1.21 bits per heavy atom. The van der Waals surface area contributed by atoms with Crippen LogP contribution in [0, 0.1) is 5.92 Å². The molecule has 1 N–H and O–H groups in total. The Balaban J connectivity index is 1.28. The van der Waals surface area contributed by atoms with Crippen LogP contribution in [0.4, 0.5) is 5.69 Å². The van der Waals surface area contributed by atoms with Gasteiger partial charge < -0.3 is 10.2 Å². The predicted octanol–water partition coefficient (Wildman–Crippen LogP) is 3.92. The molecule has 2 aromatic rings. The highest BCUT2D eigenvalue weighted by Crippen LogP contribution is 2.32. The average Bonchev–Trinajstić information content (AvgIpc) is 3.13. The largest absolute Gasteiger partial charge is 0.335 e. The smallest absolute Gasteiger partial charge is 0.264 e. The van der Waals surface area contributed by atoms with Crippen molar-refractivity contribution in [1.82, 2.24) is 9.80 Å². The summed E-state index contributed by atoms with van der Waals surface area (Å²) in [6.45, 7) is 5.28. The van der Waals surface area contributed by atoms with Gasteiger partial charge in [0, 0.05) is 31.1 Å². The molecule has 7 heteroatoms. The van der Waals surface area contributed by atoms with Gasteiger partial charge in [-0.3, -0.25) is 14.5 Å². The molecular weight excluding hydrogens is 406 g/mol. The third kappa shape index (κ3) is 4.82. The molecule has 1 aromatic carbocycles.